The molecule has 0 spiro atoms. The first-order valence-electron chi connectivity index (χ1n) is 35.7. The number of carbonyl (C=O) groups excluding carboxylic acids is 2. The Hall–Kier alpha value is -3.01. The molecule has 7 saturated carbocycles. The second kappa shape index (κ2) is 24.7. The van der Waals surface area contributed by atoms with Crippen LogP contribution in [0, 0.1) is 111 Å². The summed E-state index contributed by atoms with van der Waals surface area (Å²) in [6, 6.07) is 1.81. The van der Waals surface area contributed by atoms with Gasteiger partial charge in [0.2, 0.25) is 0 Å². The standard InChI is InChI=1S/C30H50O3Si2.C25H40O3Si.C22H28O2/c1-9-28-20-29(31,21-35(6,7)8)27-24-14-12-23(33-10-2)19-22(24)11-13-25(27)26(28)15-16-30(28,32)17-18-34(3,4)5;1-6-24-15-25(27,16-29(3,4)5)23-19-11-9-18(28-7-2)14-17(19)8-10-20(23)21(24)12-13-22(24)26;1-4-21-13-14(3)20-17-9-7-16(23)12-15(17)6-8-18(20)19(21)10-11-22(21,24)5-2/h11,19,24-27,31-32H,9-10,12-16,20-21H2,1-8H3;8,14,19-21,23,27H,6-7,9-13,15-16H2,1-5H3;2,12,17-20,24H,3-4,6-11,13H2,1H3/t24?,25?,26?,27?,28-,29?,30+;19?,20?,21?,23?,24-,25?;17?,18?,19?,20?,21-,22-/m000/s1. The van der Waals surface area contributed by atoms with E-state index in [1.807, 2.05) is 13.0 Å². The molecule has 19 atom stereocenters. The van der Waals surface area contributed by atoms with Crippen molar-refractivity contribution in [3.8, 4) is 23.8 Å². The van der Waals surface area contributed by atoms with Crippen molar-refractivity contribution in [2.75, 3.05) is 13.2 Å². The van der Waals surface area contributed by atoms with Crippen LogP contribution in [0.1, 0.15) is 176 Å². The van der Waals surface area contributed by atoms with Gasteiger partial charge in [-0.1, -0.05) is 121 Å². The van der Waals surface area contributed by atoms with Crippen molar-refractivity contribution in [3.05, 3.63) is 70.8 Å². The van der Waals surface area contributed by atoms with Gasteiger partial charge in [-0.05, 0) is 242 Å². The molecular formula is C77H118O8Si3. The lowest BCUT2D eigenvalue weighted by Gasteiger charge is -2.62. The third kappa shape index (κ3) is 12.0. The first-order chi connectivity index (χ1) is 41.3. The molecule has 4 N–H and O–H groups in total. The molecule has 88 heavy (non-hydrogen) atoms. The summed E-state index contributed by atoms with van der Waals surface area (Å²) in [6.07, 6.45) is 37.4. The van der Waals surface area contributed by atoms with Gasteiger partial charge < -0.3 is 29.9 Å². The summed E-state index contributed by atoms with van der Waals surface area (Å²) in [6.45, 7) is 37.7. The average molecular weight is 1260 g/mol. The van der Waals surface area contributed by atoms with Crippen molar-refractivity contribution in [2.24, 2.45) is 87.3 Å². The van der Waals surface area contributed by atoms with Crippen LogP contribution < -0.4 is 0 Å². The van der Waals surface area contributed by atoms with Gasteiger partial charge in [0, 0.05) is 58.1 Å². The maximum absolute atomic E-state index is 13.1. The fourth-order valence-electron chi connectivity index (χ4n) is 23.4. The lowest BCUT2D eigenvalue weighted by molar-refractivity contribution is -0.187. The first kappa shape index (κ1) is 67.9. The van der Waals surface area contributed by atoms with E-state index in [1.54, 1.807) is 0 Å². The van der Waals surface area contributed by atoms with Crippen LogP contribution in [0.25, 0.3) is 0 Å². The summed E-state index contributed by atoms with van der Waals surface area (Å²) >= 11 is 0. The Morgan fingerprint density at radius 1 is 0.591 bits per heavy atom. The minimum Gasteiger partial charge on any atom is -0.498 e. The SMILES string of the molecule is C#C[C@]1(O)CCC2C3CCC4=CC(=O)CCC4C3C(=C)C[C@@]21CC.CCOC1=CC2=CCC3C(C2CC1)C(O)(C[Si](C)(C)C)C[C@@]1(CC)C3CC[C@@]1(O)C#C[Si](C)(C)C.CCOC1=CC2=CCC3C(C2CC1)C(O)(C[Si](C)(C)C)C[C@]1(CC)C(=O)CCC31. The lowest BCUT2D eigenvalue weighted by Crippen LogP contribution is -2.64. The van der Waals surface area contributed by atoms with E-state index in [-0.39, 0.29) is 22.2 Å². The first-order valence-corrected chi connectivity index (χ1v) is 46.6. The normalized spacial score (nSPS) is 43.0. The number of ether oxygens (including phenoxy) is 2. The van der Waals surface area contributed by atoms with Crippen molar-refractivity contribution < 1.29 is 39.5 Å². The van der Waals surface area contributed by atoms with Crippen LogP contribution in [0.4, 0.5) is 0 Å². The maximum atomic E-state index is 13.1. The number of carbonyl (C=O) groups is 2. The van der Waals surface area contributed by atoms with Gasteiger partial charge in [0.05, 0.1) is 35.9 Å². The monoisotopic (exact) mass is 1250 g/mol. The number of terminal acetylenes is 1. The van der Waals surface area contributed by atoms with Gasteiger partial charge in [-0.3, -0.25) is 9.59 Å². The number of Topliss-reactive ketones (excluding diaryl/α,β-unsaturated/α-hetero) is 1. The van der Waals surface area contributed by atoms with E-state index in [1.165, 1.54) is 22.3 Å². The van der Waals surface area contributed by atoms with Gasteiger partial charge in [0.25, 0.3) is 0 Å². The molecule has 0 aromatic carbocycles. The summed E-state index contributed by atoms with van der Waals surface area (Å²) in [7, 11) is -4.71. The minimum atomic E-state index is -1.62. The second-order valence-electron chi connectivity index (χ2n) is 34.3. The molecule has 0 aliphatic heterocycles. The fourth-order valence-corrected chi connectivity index (χ4v) is 28.4. The summed E-state index contributed by atoms with van der Waals surface area (Å²) in [5.41, 5.74) is 4.77. The number of allylic oxidation sites excluding steroid dienone is 10. The molecule has 486 valence electrons. The van der Waals surface area contributed by atoms with Gasteiger partial charge in [-0.15, -0.1) is 12.0 Å². The van der Waals surface area contributed by atoms with Crippen LogP contribution >= 0.6 is 0 Å². The van der Waals surface area contributed by atoms with E-state index in [9.17, 15) is 30.0 Å². The quantitative estimate of drug-likeness (QED) is 0.0913. The molecule has 0 heterocycles. The van der Waals surface area contributed by atoms with E-state index in [0.717, 1.165) is 152 Å². The van der Waals surface area contributed by atoms with E-state index < -0.39 is 46.6 Å². The molecule has 0 bridgehead atoms. The molecule has 7 fully saturated rings. The number of fused-ring (bicyclic) bond motifs is 15. The summed E-state index contributed by atoms with van der Waals surface area (Å²) in [5, 5.41) is 48.6. The number of rotatable bonds is 11. The van der Waals surface area contributed by atoms with E-state index in [4.69, 9.17) is 15.9 Å². The molecule has 8 nitrogen and oxygen atoms in total. The van der Waals surface area contributed by atoms with Crippen molar-refractivity contribution in [3.63, 3.8) is 0 Å². The average Bonchev–Trinajstić information content (AvgIpc) is 1.34. The smallest absolute Gasteiger partial charge is 0.155 e. The van der Waals surface area contributed by atoms with Gasteiger partial charge in [0.15, 0.2) is 5.78 Å². The molecule has 0 amide bonds. The zero-order valence-electron chi connectivity index (χ0n) is 57.4. The van der Waals surface area contributed by atoms with E-state index >= 15 is 0 Å². The van der Waals surface area contributed by atoms with Crippen molar-refractivity contribution in [2.45, 2.75) is 269 Å². The van der Waals surface area contributed by atoms with Crippen LogP contribution in [0.5, 0.6) is 0 Å². The molecule has 0 saturated heterocycles. The minimum absolute atomic E-state index is 0.189. The molecule has 14 unspecified atom stereocenters. The zero-order chi connectivity index (χ0) is 64.0. The largest absolute Gasteiger partial charge is 0.498 e. The Morgan fingerprint density at radius 3 is 1.62 bits per heavy atom. The van der Waals surface area contributed by atoms with Crippen LogP contribution in [-0.2, 0) is 19.1 Å². The highest BCUT2D eigenvalue weighted by atomic mass is 28.3. The highest BCUT2D eigenvalue weighted by Crippen LogP contribution is 2.71. The van der Waals surface area contributed by atoms with Crippen LogP contribution in [0.15, 0.2) is 70.8 Å². The Morgan fingerprint density at radius 2 is 1.11 bits per heavy atom. The molecule has 12 aliphatic rings. The summed E-state index contributed by atoms with van der Waals surface area (Å²) < 4.78 is 11.7. The molecule has 12 rings (SSSR count). The summed E-state index contributed by atoms with van der Waals surface area (Å²) in [5.74, 6) is 14.4. The van der Waals surface area contributed by atoms with Crippen molar-refractivity contribution in [1.29, 1.82) is 0 Å². The molecule has 11 heteroatoms. The highest BCUT2D eigenvalue weighted by molar-refractivity contribution is 6.83. The zero-order valence-corrected chi connectivity index (χ0v) is 60.4. The lowest BCUT2D eigenvalue weighted by atomic mass is 9.46. The predicted octanol–water partition coefficient (Wildman–Crippen LogP) is 16.5. The van der Waals surface area contributed by atoms with Crippen molar-refractivity contribution >= 4 is 35.8 Å². The predicted molar refractivity (Wildman–Crippen MR) is 367 cm³/mol. The highest BCUT2D eigenvalue weighted by Gasteiger charge is 2.70. The van der Waals surface area contributed by atoms with Crippen LogP contribution in [0.2, 0.25) is 71.0 Å². The number of aliphatic hydroxyl groups is 4. The third-order valence-corrected chi connectivity index (χ3v) is 30.2. The molecule has 12 aliphatic carbocycles. The van der Waals surface area contributed by atoms with Gasteiger partial charge in [-0.25, -0.2) is 0 Å². The van der Waals surface area contributed by atoms with Gasteiger partial charge in [0.1, 0.15) is 25.1 Å². The van der Waals surface area contributed by atoms with Crippen LogP contribution in [0.3, 0.4) is 0 Å². The Balaban J connectivity index is 0.000000148. The Labute approximate surface area is 536 Å². The number of ketones is 2. The maximum Gasteiger partial charge on any atom is 0.155 e. The van der Waals surface area contributed by atoms with Gasteiger partial charge >= 0.3 is 0 Å². The molecular weight excluding hydrogens is 1140 g/mol. The fraction of sp³-hybridized carbons (Fsp3) is 0.766. The number of hydrogen-bond donors (Lipinski definition) is 4. The van der Waals surface area contributed by atoms with E-state index in [2.05, 4.69) is 135 Å². The molecule has 0 radical (unpaired) electrons. The molecule has 0 aromatic rings. The topological polar surface area (TPSA) is 134 Å². The number of hydrogen-bond acceptors (Lipinski definition) is 8. The van der Waals surface area contributed by atoms with Gasteiger partial charge in [-0.2, -0.15) is 0 Å². The Bertz CT molecular complexity index is 2970. The van der Waals surface area contributed by atoms with E-state index in [0.29, 0.717) is 103 Å². The molecule has 0 aromatic heterocycles. The summed E-state index contributed by atoms with van der Waals surface area (Å²) in [4.78, 5) is 25.0. The third-order valence-electron chi connectivity index (χ3n) is 25.9. The second-order valence-corrected chi connectivity index (χ2v) is 50.0. The Kier molecular flexibility index (Phi) is 19.1. The van der Waals surface area contributed by atoms with Crippen molar-refractivity contribution in [1.82, 2.24) is 0 Å². The van der Waals surface area contributed by atoms with Crippen LogP contribution in [-0.4, -0.2) is 91.8 Å².